The molecule has 1 N–H and O–H groups in total. The molecule has 1 aliphatic rings. The van der Waals surface area contributed by atoms with E-state index in [-0.39, 0.29) is 0 Å². The number of methoxy groups -OCH3 is 1. The van der Waals surface area contributed by atoms with E-state index < -0.39 is 0 Å². The molecule has 110 valence electrons. The van der Waals surface area contributed by atoms with Crippen molar-refractivity contribution in [3.8, 4) is 5.75 Å². The van der Waals surface area contributed by atoms with Crippen molar-refractivity contribution < 1.29 is 4.74 Å². The lowest BCUT2D eigenvalue weighted by atomic mass is 10.2. The van der Waals surface area contributed by atoms with Crippen LogP contribution in [0.5, 0.6) is 5.75 Å². The largest absolute Gasteiger partial charge is 0.497 e. The fraction of sp³-hybridized carbons (Fsp3) is 0.333. The van der Waals surface area contributed by atoms with Crippen molar-refractivity contribution in [1.82, 2.24) is 9.97 Å². The van der Waals surface area contributed by atoms with E-state index in [1.165, 1.54) is 5.69 Å². The third-order valence-corrected chi connectivity index (χ3v) is 3.93. The van der Waals surface area contributed by atoms with E-state index in [4.69, 9.17) is 17.0 Å². The van der Waals surface area contributed by atoms with Gasteiger partial charge in [-0.3, -0.25) is 0 Å². The number of nitrogens with zero attached hydrogens (tertiary/aromatic N) is 3. The summed E-state index contributed by atoms with van der Waals surface area (Å²) in [7, 11) is 1.70. The van der Waals surface area contributed by atoms with Gasteiger partial charge in [0.15, 0.2) is 0 Å². The molecule has 6 heteroatoms. The molecule has 0 atom stereocenters. The number of nitrogens with one attached hydrogen (secondary N) is 1. The van der Waals surface area contributed by atoms with Gasteiger partial charge in [-0.2, -0.15) is 0 Å². The zero-order valence-electron chi connectivity index (χ0n) is 12.0. The Morgan fingerprint density at radius 1 is 1.14 bits per heavy atom. The number of aromatic amines is 1. The van der Waals surface area contributed by atoms with Gasteiger partial charge in [0.2, 0.25) is 0 Å². The lowest BCUT2D eigenvalue weighted by molar-refractivity contribution is 0.414. The van der Waals surface area contributed by atoms with Gasteiger partial charge in [-0.25, -0.2) is 4.98 Å². The first-order valence-electron chi connectivity index (χ1n) is 6.95. The zero-order valence-corrected chi connectivity index (χ0v) is 12.8. The molecular weight excluding hydrogens is 284 g/mol. The predicted molar refractivity (Wildman–Crippen MR) is 86.8 cm³/mol. The molecule has 1 aromatic carbocycles. The molecule has 1 fully saturated rings. The second-order valence-corrected chi connectivity index (χ2v) is 5.36. The normalized spacial score (nSPS) is 15.1. The van der Waals surface area contributed by atoms with Gasteiger partial charge in [0.1, 0.15) is 16.2 Å². The zero-order chi connectivity index (χ0) is 14.7. The summed E-state index contributed by atoms with van der Waals surface area (Å²) in [6.45, 7) is 3.84. The van der Waals surface area contributed by atoms with Crippen molar-refractivity contribution in [2.75, 3.05) is 43.1 Å². The van der Waals surface area contributed by atoms with Crippen LogP contribution in [-0.2, 0) is 0 Å². The van der Waals surface area contributed by atoms with Crippen LogP contribution in [0.3, 0.4) is 0 Å². The molecule has 1 saturated heterocycles. The van der Waals surface area contributed by atoms with Crippen LogP contribution in [0.4, 0.5) is 11.5 Å². The number of anilines is 2. The Balaban J connectivity index is 1.68. The molecule has 0 spiro atoms. The third kappa shape index (κ3) is 3.16. The molecule has 1 aromatic heterocycles. The average molecular weight is 302 g/mol. The van der Waals surface area contributed by atoms with Crippen LogP contribution in [0.2, 0.25) is 0 Å². The van der Waals surface area contributed by atoms with Gasteiger partial charge in [0.25, 0.3) is 0 Å². The van der Waals surface area contributed by atoms with Gasteiger partial charge >= 0.3 is 0 Å². The maximum atomic E-state index is 5.29. The highest BCUT2D eigenvalue weighted by atomic mass is 32.1. The highest BCUT2D eigenvalue weighted by Gasteiger charge is 2.18. The van der Waals surface area contributed by atoms with E-state index in [1.807, 2.05) is 18.2 Å². The van der Waals surface area contributed by atoms with Crippen LogP contribution in [0, 0.1) is 4.64 Å². The van der Waals surface area contributed by atoms with E-state index in [0.29, 0.717) is 4.64 Å². The molecule has 1 aliphatic heterocycles. The lowest BCUT2D eigenvalue weighted by Crippen LogP contribution is -2.46. The summed E-state index contributed by atoms with van der Waals surface area (Å²) >= 11 is 5.11. The van der Waals surface area contributed by atoms with E-state index in [1.54, 1.807) is 13.4 Å². The fourth-order valence-electron chi connectivity index (χ4n) is 2.55. The highest BCUT2D eigenvalue weighted by molar-refractivity contribution is 7.71. The molecule has 0 aliphatic carbocycles. The highest BCUT2D eigenvalue weighted by Crippen LogP contribution is 2.23. The Bertz CT molecular complexity index is 664. The maximum absolute atomic E-state index is 5.29. The van der Waals surface area contributed by atoms with E-state index in [9.17, 15) is 0 Å². The Morgan fingerprint density at radius 3 is 2.62 bits per heavy atom. The van der Waals surface area contributed by atoms with E-state index in [2.05, 4.69) is 31.9 Å². The molecule has 0 unspecified atom stereocenters. The number of benzene rings is 1. The van der Waals surface area contributed by atoms with E-state index >= 15 is 0 Å². The SMILES string of the molecule is COc1cccc(N2CCN(c3cc(=S)nc[nH]3)CC2)c1. The number of ether oxygens (including phenoxy) is 1. The Morgan fingerprint density at radius 2 is 1.90 bits per heavy atom. The van der Waals surface area contributed by atoms with Gasteiger partial charge in [0, 0.05) is 44.0 Å². The summed E-state index contributed by atoms with van der Waals surface area (Å²) in [6.07, 6.45) is 1.66. The number of aromatic nitrogens is 2. The Kier molecular flexibility index (Phi) is 4.06. The van der Waals surface area contributed by atoms with Crippen LogP contribution >= 0.6 is 12.2 Å². The molecule has 2 aromatic rings. The van der Waals surface area contributed by atoms with Gasteiger partial charge in [-0.1, -0.05) is 18.3 Å². The van der Waals surface area contributed by atoms with Gasteiger partial charge in [-0.05, 0) is 12.1 Å². The quantitative estimate of drug-likeness (QED) is 0.883. The molecule has 5 nitrogen and oxygen atoms in total. The molecule has 0 radical (unpaired) electrons. The summed E-state index contributed by atoms with van der Waals surface area (Å²) in [5, 5.41) is 0. The summed E-state index contributed by atoms with van der Waals surface area (Å²) in [5.41, 5.74) is 1.21. The summed E-state index contributed by atoms with van der Waals surface area (Å²) in [6, 6.07) is 10.1. The Labute approximate surface area is 129 Å². The first kappa shape index (κ1) is 13.9. The predicted octanol–water partition coefficient (Wildman–Crippen LogP) is 2.47. The van der Waals surface area contributed by atoms with Gasteiger partial charge in [0.05, 0.1) is 13.4 Å². The van der Waals surface area contributed by atoms with Gasteiger partial charge in [-0.15, -0.1) is 0 Å². The lowest BCUT2D eigenvalue weighted by Gasteiger charge is -2.37. The number of piperazine rings is 1. The van der Waals surface area contributed by atoms with Crippen LogP contribution in [0.25, 0.3) is 0 Å². The fourth-order valence-corrected chi connectivity index (χ4v) is 2.72. The molecule has 0 amide bonds. The summed E-state index contributed by atoms with van der Waals surface area (Å²) < 4.78 is 5.91. The second-order valence-electron chi connectivity index (χ2n) is 4.95. The van der Waals surface area contributed by atoms with Crippen LogP contribution in [0.15, 0.2) is 36.7 Å². The van der Waals surface area contributed by atoms with Gasteiger partial charge < -0.3 is 19.5 Å². The minimum Gasteiger partial charge on any atom is -0.497 e. The molecule has 0 bridgehead atoms. The van der Waals surface area contributed by atoms with Crippen LogP contribution in [0.1, 0.15) is 0 Å². The summed E-state index contributed by atoms with van der Waals surface area (Å²) in [4.78, 5) is 11.9. The number of H-pyrrole nitrogens is 1. The first-order chi connectivity index (χ1) is 10.3. The van der Waals surface area contributed by atoms with E-state index in [0.717, 1.165) is 37.7 Å². The molecule has 3 rings (SSSR count). The maximum Gasteiger partial charge on any atom is 0.131 e. The minimum atomic E-state index is 0.624. The van der Waals surface area contributed by atoms with Crippen molar-refractivity contribution in [3.05, 3.63) is 41.3 Å². The van der Waals surface area contributed by atoms with Crippen molar-refractivity contribution >= 4 is 23.7 Å². The number of hydrogen-bond donors (Lipinski definition) is 1. The molecule has 21 heavy (non-hydrogen) atoms. The first-order valence-corrected chi connectivity index (χ1v) is 7.36. The Hall–Kier alpha value is -2.08. The third-order valence-electron chi connectivity index (χ3n) is 3.70. The van der Waals surface area contributed by atoms with Crippen molar-refractivity contribution in [3.63, 3.8) is 0 Å². The minimum absolute atomic E-state index is 0.624. The summed E-state index contributed by atoms with van der Waals surface area (Å²) in [5.74, 6) is 1.94. The standard InChI is InChI=1S/C15H18N4OS/c1-20-13-4-2-3-12(9-13)18-5-7-19(8-6-18)14-10-15(21)17-11-16-14/h2-4,9-11H,5-8H2,1H3,(H,16,17,21). The van der Waals surface area contributed by atoms with Crippen molar-refractivity contribution in [2.45, 2.75) is 0 Å². The van der Waals surface area contributed by atoms with Crippen LogP contribution in [-0.4, -0.2) is 43.3 Å². The smallest absolute Gasteiger partial charge is 0.131 e. The van der Waals surface area contributed by atoms with Crippen LogP contribution < -0.4 is 14.5 Å². The molecule has 2 heterocycles. The van der Waals surface area contributed by atoms with Crippen molar-refractivity contribution in [1.29, 1.82) is 0 Å². The topological polar surface area (TPSA) is 44.4 Å². The molecule has 0 saturated carbocycles. The number of hydrogen-bond acceptors (Lipinski definition) is 5. The number of rotatable bonds is 3. The average Bonchev–Trinajstić information content (AvgIpc) is 2.55. The monoisotopic (exact) mass is 302 g/mol. The van der Waals surface area contributed by atoms with Crippen molar-refractivity contribution in [2.24, 2.45) is 0 Å². The second kappa shape index (κ2) is 6.13. The molecular formula is C15H18N4OS.